The topological polar surface area (TPSA) is 57.5 Å². The molecule has 1 aliphatic heterocycles. The van der Waals surface area contributed by atoms with E-state index in [1.54, 1.807) is 6.20 Å². The van der Waals surface area contributed by atoms with Crippen LogP contribution in [0.2, 0.25) is 0 Å². The fourth-order valence-corrected chi connectivity index (χ4v) is 3.45. The zero-order valence-corrected chi connectivity index (χ0v) is 17.0. The summed E-state index contributed by atoms with van der Waals surface area (Å²) in [6, 6.07) is 10.6. The number of rotatable bonds is 6. The molecule has 0 radical (unpaired) electrons. The molecule has 26 heavy (non-hydrogen) atoms. The number of benzene rings is 1. The number of anilines is 1. The molecule has 7 heteroatoms. The zero-order chi connectivity index (χ0) is 18.4. The van der Waals surface area contributed by atoms with Crippen molar-refractivity contribution in [2.75, 3.05) is 31.1 Å². The van der Waals surface area contributed by atoms with Crippen LogP contribution in [0.3, 0.4) is 0 Å². The largest absolute Gasteiger partial charge is 0.371 e. The van der Waals surface area contributed by atoms with E-state index < -0.39 is 0 Å². The summed E-state index contributed by atoms with van der Waals surface area (Å²) in [5.74, 6) is 1.50. The van der Waals surface area contributed by atoms with Crippen LogP contribution < -0.4 is 15.5 Å². The van der Waals surface area contributed by atoms with E-state index in [9.17, 15) is 0 Å². The molecule has 3 rings (SSSR count). The molecule has 2 N–H and O–H groups in total. The molecule has 1 aromatic carbocycles. The maximum atomic E-state index is 4.68. The quantitative estimate of drug-likeness (QED) is 0.559. The van der Waals surface area contributed by atoms with E-state index >= 15 is 0 Å². The Hall–Kier alpha value is -2.02. The summed E-state index contributed by atoms with van der Waals surface area (Å²) in [6.45, 7) is 6.69. The highest BCUT2D eigenvalue weighted by molar-refractivity contribution is 9.10. The van der Waals surface area contributed by atoms with Crippen LogP contribution in [0.1, 0.15) is 19.0 Å². The third kappa shape index (κ3) is 5.00. The second kappa shape index (κ2) is 9.07. The van der Waals surface area contributed by atoms with E-state index in [1.807, 2.05) is 17.8 Å². The predicted octanol–water partition coefficient (Wildman–Crippen LogP) is 2.76. The number of hydrogen-bond donors (Lipinski definition) is 2. The van der Waals surface area contributed by atoms with E-state index in [2.05, 4.69) is 72.7 Å². The zero-order valence-electron chi connectivity index (χ0n) is 15.5. The molecule has 1 atom stereocenters. The first kappa shape index (κ1) is 18.8. The molecule has 1 unspecified atom stereocenters. The summed E-state index contributed by atoms with van der Waals surface area (Å²) < 4.78 is 2.98. The van der Waals surface area contributed by atoms with Crippen molar-refractivity contribution >= 4 is 27.6 Å². The third-order valence-electron chi connectivity index (χ3n) is 4.70. The van der Waals surface area contributed by atoms with Crippen LogP contribution in [0, 0.1) is 5.92 Å². The first-order valence-electron chi connectivity index (χ1n) is 9.15. The molecular weight excluding hydrogens is 392 g/mol. The van der Waals surface area contributed by atoms with Crippen molar-refractivity contribution in [2.45, 2.75) is 19.9 Å². The van der Waals surface area contributed by atoms with Crippen LogP contribution in [0.4, 0.5) is 5.69 Å². The Morgan fingerprint density at radius 2 is 2.08 bits per heavy atom. The molecule has 0 aliphatic carbocycles. The minimum absolute atomic E-state index is 0.624. The van der Waals surface area contributed by atoms with Crippen molar-refractivity contribution in [3.63, 3.8) is 0 Å². The summed E-state index contributed by atoms with van der Waals surface area (Å²) >= 11 is 3.50. The van der Waals surface area contributed by atoms with Gasteiger partial charge in [0.2, 0.25) is 0 Å². The Bertz CT molecular complexity index is 724. The van der Waals surface area contributed by atoms with Crippen molar-refractivity contribution in [3.8, 4) is 0 Å². The Morgan fingerprint density at radius 3 is 2.77 bits per heavy atom. The first-order chi connectivity index (χ1) is 12.7. The second-order valence-corrected chi connectivity index (χ2v) is 7.52. The summed E-state index contributed by atoms with van der Waals surface area (Å²) in [5, 5.41) is 11.0. The Labute approximate surface area is 163 Å². The molecule has 140 valence electrons. The van der Waals surface area contributed by atoms with Crippen LogP contribution in [0.5, 0.6) is 0 Å². The lowest BCUT2D eigenvalue weighted by atomic mass is 10.1. The van der Waals surface area contributed by atoms with Crippen LogP contribution in [0.15, 0.2) is 46.0 Å². The molecule has 0 amide bonds. The Kier molecular flexibility index (Phi) is 6.55. The molecule has 0 saturated carbocycles. The van der Waals surface area contributed by atoms with Gasteiger partial charge in [0.15, 0.2) is 5.96 Å². The van der Waals surface area contributed by atoms with Gasteiger partial charge in [-0.05, 0) is 49.6 Å². The van der Waals surface area contributed by atoms with Crippen molar-refractivity contribution in [1.29, 1.82) is 0 Å². The molecule has 1 saturated heterocycles. The van der Waals surface area contributed by atoms with E-state index in [4.69, 9.17) is 0 Å². The molecule has 1 fully saturated rings. The third-order valence-corrected chi connectivity index (χ3v) is 5.23. The number of nitrogens with one attached hydrogen (secondary N) is 2. The standard InChI is InChI=1S/C19H27BrN6/c1-3-21-19(23-13-18-8-10-24-25(18)2)22-12-15-9-11-26(14-15)17-6-4-16(20)5-7-17/h4-8,10,15H,3,9,11-14H2,1-2H3,(H2,21,22,23). The average Bonchev–Trinajstić information content (AvgIpc) is 3.27. The molecule has 6 nitrogen and oxygen atoms in total. The SMILES string of the molecule is CCNC(=NCc1ccnn1C)NCC1CCN(c2ccc(Br)cc2)C1. The van der Waals surface area contributed by atoms with Crippen molar-refractivity contribution < 1.29 is 0 Å². The fraction of sp³-hybridized carbons (Fsp3) is 0.474. The lowest BCUT2D eigenvalue weighted by Crippen LogP contribution is -2.40. The van der Waals surface area contributed by atoms with Gasteiger partial charge in [-0.3, -0.25) is 4.68 Å². The molecule has 0 spiro atoms. The van der Waals surface area contributed by atoms with E-state index in [-0.39, 0.29) is 0 Å². The number of guanidine groups is 1. The van der Waals surface area contributed by atoms with Crippen LogP contribution in [-0.2, 0) is 13.6 Å². The fourth-order valence-electron chi connectivity index (χ4n) is 3.18. The number of aromatic nitrogens is 2. The van der Waals surface area contributed by atoms with Gasteiger partial charge < -0.3 is 15.5 Å². The minimum atomic E-state index is 0.624. The smallest absolute Gasteiger partial charge is 0.191 e. The van der Waals surface area contributed by atoms with Crippen LogP contribution in [0.25, 0.3) is 0 Å². The van der Waals surface area contributed by atoms with Gasteiger partial charge >= 0.3 is 0 Å². The molecule has 2 aromatic rings. The van der Waals surface area contributed by atoms with E-state index in [1.165, 1.54) is 12.1 Å². The summed E-state index contributed by atoms with van der Waals surface area (Å²) in [5.41, 5.74) is 2.40. The number of nitrogens with zero attached hydrogens (tertiary/aromatic N) is 4. The van der Waals surface area contributed by atoms with Crippen molar-refractivity contribution in [3.05, 3.63) is 46.7 Å². The second-order valence-electron chi connectivity index (χ2n) is 6.60. The van der Waals surface area contributed by atoms with Gasteiger partial charge in [-0.1, -0.05) is 15.9 Å². The highest BCUT2D eigenvalue weighted by Crippen LogP contribution is 2.24. The number of aliphatic imine (C=N–C) groups is 1. The number of hydrogen-bond acceptors (Lipinski definition) is 3. The van der Waals surface area contributed by atoms with Gasteiger partial charge in [-0.15, -0.1) is 0 Å². The van der Waals surface area contributed by atoms with Gasteiger partial charge in [0.25, 0.3) is 0 Å². The minimum Gasteiger partial charge on any atom is -0.371 e. The van der Waals surface area contributed by atoms with Gasteiger partial charge in [-0.25, -0.2) is 4.99 Å². The van der Waals surface area contributed by atoms with Gasteiger partial charge in [-0.2, -0.15) is 5.10 Å². The monoisotopic (exact) mass is 418 g/mol. The van der Waals surface area contributed by atoms with E-state index in [0.717, 1.165) is 42.3 Å². The highest BCUT2D eigenvalue weighted by Gasteiger charge is 2.22. The molecule has 1 aliphatic rings. The molecule has 1 aromatic heterocycles. The normalized spacial score (nSPS) is 17.6. The summed E-state index contributed by atoms with van der Waals surface area (Å²) in [6.07, 6.45) is 3.00. The number of aryl methyl sites for hydroxylation is 1. The van der Waals surface area contributed by atoms with Gasteiger partial charge in [0, 0.05) is 49.6 Å². The maximum absolute atomic E-state index is 4.68. The van der Waals surface area contributed by atoms with Crippen molar-refractivity contribution in [1.82, 2.24) is 20.4 Å². The first-order valence-corrected chi connectivity index (χ1v) is 9.94. The van der Waals surface area contributed by atoms with Crippen LogP contribution in [-0.4, -0.2) is 41.9 Å². The summed E-state index contributed by atoms with van der Waals surface area (Å²) in [4.78, 5) is 7.14. The Balaban J connectivity index is 1.51. The molecular formula is C19H27BrN6. The maximum Gasteiger partial charge on any atom is 0.191 e. The van der Waals surface area contributed by atoms with E-state index in [0.29, 0.717) is 12.5 Å². The Morgan fingerprint density at radius 1 is 1.27 bits per heavy atom. The molecule has 0 bridgehead atoms. The predicted molar refractivity (Wildman–Crippen MR) is 110 cm³/mol. The average molecular weight is 419 g/mol. The van der Waals surface area contributed by atoms with Gasteiger partial charge in [0.05, 0.1) is 12.2 Å². The summed E-state index contributed by atoms with van der Waals surface area (Å²) in [7, 11) is 1.94. The lowest BCUT2D eigenvalue weighted by molar-refractivity contribution is 0.565. The van der Waals surface area contributed by atoms with Crippen molar-refractivity contribution in [2.24, 2.45) is 18.0 Å². The number of halogens is 1. The molecule has 2 heterocycles. The van der Waals surface area contributed by atoms with Crippen LogP contribution >= 0.6 is 15.9 Å². The van der Waals surface area contributed by atoms with Gasteiger partial charge in [0.1, 0.15) is 0 Å². The highest BCUT2D eigenvalue weighted by atomic mass is 79.9. The lowest BCUT2D eigenvalue weighted by Gasteiger charge is -2.19.